The maximum atomic E-state index is 12.6. The number of carbonyl (C=O) groups excluding carboxylic acids is 2. The summed E-state index contributed by atoms with van der Waals surface area (Å²) in [5, 5.41) is 0.951. The SMILES string of the molecule is Cc1ccccc1-c1cccc2cc(CN3C(=O)c4ccccc4C3=O)oc12. The van der Waals surface area contributed by atoms with E-state index >= 15 is 0 Å². The topological polar surface area (TPSA) is 50.5 Å². The second-order valence-electron chi connectivity index (χ2n) is 6.99. The van der Waals surface area contributed by atoms with Crippen LogP contribution in [-0.4, -0.2) is 16.7 Å². The molecule has 5 rings (SSSR count). The number of imide groups is 1. The van der Waals surface area contributed by atoms with Crippen LogP contribution in [0.5, 0.6) is 0 Å². The van der Waals surface area contributed by atoms with Gasteiger partial charge in [0.2, 0.25) is 0 Å². The largest absolute Gasteiger partial charge is 0.459 e. The molecule has 3 aromatic carbocycles. The number of aryl methyl sites for hydroxylation is 1. The Bertz CT molecular complexity index is 1220. The first-order chi connectivity index (χ1) is 13.6. The highest BCUT2D eigenvalue weighted by atomic mass is 16.3. The van der Waals surface area contributed by atoms with Crippen molar-refractivity contribution in [1.29, 1.82) is 0 Å². The molecule has 1 aliphatic rings. The predicted molar refractivity (Wildman–Crippen MR) is 107 cm³/mol. The van der Waals surface area contributed by atoms with Gasteiger partial charge in [0.25, 0.3) is 11.8 Å². The Labute approximate surface area is 162 Å². The normalized spacial score (nSPS) is 13.4. The van der Waals surface area contributed by atoms with Gasteiger partial charge in [0.15, 0.2) is 0 Å². The fourth-order valence-corrected chi connectivity index (χ4v) is 3.82. The van der Waals surface area contributed by atoms with Gasteiger partial charge in [-0.2, -0.15) is 0 Å². The first kappa shape index (κ1) is 16.5. The summed E-state index contributed by atoms with van der Waals surface area (Å²) in [6.45, 7) is 2.19. The predicted octanol–water partition coefficient (Wildman–Crippen LogP) is 5.20. The molecule has 0 atom stereocenters. The Morgan fingerprint density at radius 1 is 0.750 bits per heavy atom. The maximum Gasteiger partial charge on any atom is 0.261 e. The van der Waals surface area contributed by atoms with Crippen LogP contribution in [-0.2, 0) is 6.54 Å². The van der Waals surface area contributed by atoms with Gasteiger partial charge in [0.1, 0.15) is 11.3 Å². The second-order valence-corrected chi connectivity index (χ2v) is 6.99. The summed E-state index contributed by atoms with van der Waals surface area (Å²) < 4.78 is 6.12. The lowest BCUT2D eigenvalue weighted by Crippen LogP contribution is -2.28. The zero-order valence-electron chi connectivity index (χ0n) is 15.3. The third kappa shape index (κ3) is 2.46. The first-order valence-corrected chi connectivity index (χ1v) is 9.16. The molecule has 4 heteroatoms. The number of furan rings is 1. The van der Waals surface area contributed by atoms with Crippen LogP contribution in [0.3, 0.4) is 0 Å². The molecular weight excluding hydrogens is 350 g/mol. The fraction of sp³-hybridized carbons (Fsp3) is 0.0833. The Balaban J connectivity index is 1.54. The molecule has 4 nitrogen and oxygen atoms in total. The molecule has 2 amide bonds. The summed E-state index contributed by atoms with van der Waals surface area (Å²) in [5.41, 5.74) is 4.93. The third-order valence-electron chi connectivity index (χ3n) is 5.22. The van der Waals surface area contributed by atoms with Crippen molar-refractivity contribution in [3.63, 3.8) is 0 Å². The van der Waals surface area contributed by atoms with E-state index < -0.39 is 0 Å². The summed E-state index contributed by atoms with van der Waals surface area (Å²) in [7, 11) is 0. The number of para-hydroxylation sites is 1. The highest BCUT2D eigenvalue weighted by Crippen LogP contribution is 2.34. The number of amides is 2. The average Bonchev–Trinajstić information content (AvgIpc) is 3.23. The zero-order valence-corrected chi connectivity index (χ0v) is 15.3. The average molecular weight is 367 g/mol. The van der Waals surface area contributed by atoms with Crippen molar-refractivity contribution in [1.82, 2.24) is 4.90 Å². The number of hydrogen-bond donors (Lipinski definition) is 0. The standard InChI is InChI=1S/C24H17NO3/c1-15-7-2-3-9-18(15)19-12-6-8-16-13-17(28-22(16)19)14-25-23(26)20-10-4-5-11-21(20)24(25)27/h2-13H,14H2,1H3. The van der Waals surface area contributed by atoms with Crippen molar-refractivity contribution in [2.75, 3.05) is 0 Å². The van der Waals surface area contributed by atoms with E-state index in [2.05, 4.69) is 19.1 Å². The lowest BCUT2D eigenvalue weighted by Gasteiger charge is -2.11. The minimum absolute atomic E-state index is 0.119. The van der Waals surface area contributed by atoms with Crippen LogP contribution in [0.2, 0.25) is 0 Å². The van der Waals surface area contributed by atoms with Gasteiger partial charge < -0.3 is 4.42 Å². The minimum Gasteiger partial charge on any atom is -0.459 e. The van der Waals surface area contributed by atoms with E-state index in [1.165, 1.54) is 4.90 Å². The molecule has 0 radical (unpaired) electrons. The van der Waals surface area contributed by atoms with Gasteiger partial charge in [-0.05, 0) is 36.2 Å². The van der Waals surface area contributed by atoms with Crippen LogP contribution in [0.15, 0.2) is 77.2 Å². The molecule has 2 heterocycles. The van der Waals surface area contributed by atoms with E-state index in [0.717, 1.165) is 27.7 Å². The molecule has 136 valence electrons. The van der Waals surface area contributed by atoms with E-state index in [9.17, 15) is 9.59 Å². The Hall–Kier alpha value is -3.66. The van der Waals surface area contributed by atoms with Crippen LogP contribution >= 0.6 is 0 Å². The summed E-state index contributed by atoms with van der Waals surface area (Å²) in [6, 6.07) is 23.0. The monoisotopic (exact) mass is 367 g/mol. The Morgan fingerprint density at radius 3 is 2.04 bits per heavy atom. The Morgan fingerprint density at radius 2 is 1.36 bits per heavy atom. The number of hydrogen-bond acceptors (Lipinski definition) is 3. The maximum absolute atomic E-state index is 12.6. The second kappa shape index (κ2) is 6.20. The molecule has 1 aromatic heterocycles. The van der Waals surface area contributed by atoms with Gasteiger partial charge >= 0.3 is 0 Å². The lowest BCUT2D eigenvalue weighted by molar-refractivity contribution is 0.0632. The van der Waals surface area contributed by atoms with Crippen molar-refractivity contribution < 1.29 is 14.0 Å². The minimum atomic E-state index is -0.278. The molecule has 0 saturated heterocycles. The quantitative estimate of drug-likeness (QED) is 0.467. The van der Waals surface area contributed by atoms with Gasteiger partial charge in [0.05, 0.1) is 17.7 Å². The highest BCUT2D eigenvalue weighted by Gasteiger charge is 2.35. The van der Waals surface area contributed by atoms with Gasteiger partial charge in [-0.3, -0.25) is 14.5 Å². The lowest BCUT2D eigenvalue weighted by atomic mass is 9.99. The summed E-state index contributed by atoms with van der Waals surface area (Å²) >= 11 is 0. The number of rotatable bonds is 3. The number of benzene rings is 3. The molecule has 0 saturated carbocycles. The molecule has 0 bridgehead atoms. The van der Waals surface area contributed by atoms with Crippen molar-refractivity contribution in [3.8, 4) is 11.1 Å². The summed E-state index contributed by atoms with van der Waals surface area (Å²) in [5.74, 6) is 0.0332. The highest BCUT2D eigenvalue weighted by molar-refractivity contribution is 6.21. The number of fused-ring (bicyclic) bond motifs is 2. The van der Waals surface area contributed by atoms with Crippen LogP contribution in [0, 0.1) is 6.92 Å². The van der Waals surface area contributed by atoms with Gasteiger partial charge in [-0.1, -0.05) is 54.6 Å². The number of carbonyl (C=O) groups is 2. The smallest absolute Gasteiger partial charge is 0.261 e. The van der Waals surface area contributed by atoms with Gasteiger partial charge in [0, 0.05) is 10.9 Å². The fourth-order valence-electron chi connectivity index (χ4n) is 3.82. The van der Waals surface area contributed by atoms with E-state index in [1.54, 1.807) is 24.3 Å². The van der Waals surface area contributed by atoms with E-state index in [4.69, 9.17) is 4.42 Å². The molecule has 0 aliphatic carbocycles. The van der Waals surface area contributed by atoms with Crippen LogP contribution in [0.25, 0.3) is 22.1 Å². The summed E-state index contributed by atoms with van der Waals surface area (Å²) in [6.07, 6.45) is 0. The molecule has 4 aromatic rings. The molecule has 28 heavy (non-hydrogen) atoms. The van der Waals surface area contributed by atoms with Crippen molar-refractivity contribution in [2.24, 2.45) is 0 Å². The molecule has 0 N–H and O–H groups in total. The molecular formula is C24H17NO3. The molecule has 0 unspecified atom stereocenters. The van der Waals surface area contributed by atoms with Gasteiger partial charge in [-0.25, -0.2) is 0 Å². The van der Waals surface area contributed by atoms with Crippen molar-refractivity contribution in [2.45, 2.75) is 13.5 Å². The first-order valence-electron chi connectivity index (χ1n) is 9.16. The molecule has 0 fully saturated rings. The van der Waals surface area contributed by atoms with Crippen LogP contribution < -0.4 is 0 Å². The zero-order chi connectivity index (χ0) is 19.3. The molecule has 0 spiro atoms. The van der Waals surface area contributed by atoms with Gasteiger partial charge in [-0.15, -0.1) is 0 Å². The van der Waals surface area contributed by atoms with E-state index in [-0.39, 0.29) is 18.4 Å². The van der Waals surface area contributed by atoms with Crippen molar-refractivity contribution in [3.05, 3.63) is 95.2 Å². The van der Waals surface area contributed by atoms with Crippen LogP contribution in [0.1, 0.15) is 32.0 Å². The summed E-state index contributed by atoms with van der Waals surface area (Å²) in [4.78, 5) is 26.5. The Kier molecular flexibility index (Phi) is 3.66. The third-order valence-corrected chi connectivity index (χ3v) is 5.22. The van der Waals surface area contributed by atoms with E-state index in [1.807, 2.05) is 36.4 Å². The van der Waals surface area contributed by atoms with E-state index in [0.29, 0.717) is 16.9 Å². The molecule has 1 aliphatic heterocycles. The number of nitrogens with zero attached hydrogens (tertiary/aromatic N) is 1. The van der Waals surface area contributed by atoms with Crippen molar-refractivity contribution >= 4 is 22.8 Å². The van der Waals surface area contributed by atoms with Crippen LogP contribution in [0.4, 0.5) is 0 Å².